The maximum Gasteiger partial charge on any atom is -0.0420 e. The Balaban J connectivity index is 3.06. The Morgan fingerprint density at radius 3 is 1.83 bits per heavy atom. The average molecular weight is 170 g/mol. The van der Waals surface area contributed by atoms with E-state index in [-0.39, 0.29) is 0 Å². The second-order valence-corrected chi connectivity index (χ2v) is 3.89. The van der Waals surface area contributed by atoms with Crippen molar-refractivity contribution in [3.8, 4) is 0 Å². The third-order valence-electron chi connectivity index (χ3n) is 2.87. The standard InChI is InChI=1S/C12H26/c1-4-7-8-9-10-11-12(5-2)6-3/h12H,4-11H2,1-3H3. The van der Waals surface area contributed by atoms with Crippen LogP contribution in [-0.4, -0.2) is 0 Å². The summed E-state index contributed by atoms with van der Waals surface area (Å²) >= 11 is 0. The molecule has 0 heteroatoms. The zero-order valence-electron chi connectivity index (χ0n) is 9.23. The van der Waals surface area contributed by atoms with E-state index in [0.717, 1.165) is 5.92 Å². The molecule has 0 aliphatic heterocycles. The molecule has 0 saturated heterocycles. The Labute approximate surface area is 78.8 Å². The Morgan fingerprint density at radius 1 is 0.750 bits per heavy atom. The highest BCUT2D eigenvalue weighted by atomic mass is 14.1. The maximum absolute atomic E-state index is 2.32. The lowest BCUT2D eigenvalue weighted by atomic mass is 9.96. The molecule has 0 aromatic rings. The van der Waals surface area contributed by atoms with Gasteiger partial charge in [-0.25, -0.2) is 0 Å². The van der Waals surface area contributed by atoms with Gasteiger partial charge < -0.3 is 0 Å². The van der Waals surface area contributed by atoms with Crippen molar-refractivity contribution >= 4 is 0 Å². The van der Waals surface area contributed by atoms with Crippen LogP contribution < -0.4 is 0 Å². The molecule has 74 valence electrons. The predicted molar refractivity (Wildman–Crippen MR) is 57.4 cm³/mol. The largest absolute Gasteiger partial charge is 0.0654 e. The van der Waals surface area contributed by atoms with E-state index in [0.29, 0.717) is 0 Å². The summed E-state index contributed by atoms with van der Waals surface area (Å²) in [6.45, 7) is 6.92. The van der Waals surface area contributed by atoms with Crippen LogP contribution in [0, 0.1) is 5.92 Å². The highest BCUT2D eigenvalue weighted by Gasteiger charge is 2.01. The summed E-state index contributed by atoms with van der Waals surface area (Å²) in [5.41, 5.74) is 0. The number of rotatable bonds is 8. The summed E-state index contributed by atoms with van der Waals surface area (Å²) in [5, 5.41) is 0. The van der Waals surface area contributed by atoms with Crippen LogP contribution in [-0.2, 0) is 0 Å². The van der Waals surface area contributed by atoms with Crippen molar-refractivity contribution in [3.05, 3.63) is 0 Å². The molecule has 0 aliphatic rings. The van der Waals surface area contributed by atoms with Crippen LogP contribution >= 0.6 is 0 Å². The van der Waals surface area contributed by atoms with Crippen molar-refractivity contribution in [1.29, 1.82) is 0 Å². The second-order valence-electron chi connectivity index (χ2n) is 3.89. The lowest BCUT2D eigenvalue weighted by Crippen LogP contribution is -1.96. The first-order chi connectivity index (χ1) is 5.85. The van der Waals surface area contributed by atoms with Gasteiger partial charge in [-0.15, -0.1) is 0 Å². The molecule has 0 aromatic carbocycles. The minimum atomic E-state index is 1.01. The molecule has 0 spiro atoms. The fraction of sp³-hybridized carbons (Fsp3) is 1.00. The van der Waals surface area contributed by atoms with E-state index in [1.54, 1.807) is 0 Å². The molecule has 0 rings (SSSR count). The van der Waals surface area contributed by atoms with E-state index in [1.807, 2.05) is 0 Å². The zero-order valence-corrected chi connectivity index (χ0v) is 9.23. The summed E-state index contributed by atoms with van der Waals surface area (Å²) in [4.78, 5) is 0. The average Bonchev–Trinajstić information content (AvgIpc) is 2.11. The minimum absolute atomic E-state index is 1.01. The molecule has 0 nitrogen and oxygen atoms in total. The molecule has 0 aromatic heterocycles. The van der Waals surface area contributed by atoms with Crippen molar-refractivity contribution in [2.24, 2.45) is 5.92 Å². The maximum atomic E-state index is 2.32. The van der Waals surface area contributed by atoms with Crippen molar-refractivity contribution in [3.63, 3.8) is 0 Å². The Morgan fingerprint density at radius 2 is 1.33 bits per heavy atom. The first-order valence-corrected chi connectivity index (χ1v) is 5.85. The van der Waals surface area contributed by atoms with Crippen molar-refractivity contribution < 1.29 is 0 Å². The van der Waals surface area contributed by atoms with Gasteiger partial charge in [-0.1, -0.05) is 72.1 Å². The molecule has 0 amide bonds. The van der Waals surface area contributed by atoms with E-state index in [1.165, 1.54) is 51.4 Å². The first kappa shape index (κ1) is 12.0. The molecular weight excluding hydrogens is 144 g/mol. The molecular formula is C12H26. The fourth-order valence-electron chi connectivity index (χ4n) is 1.73. The lowest BCUT2D eigenvalue weighted by Gasteiger charge is -2.10. The molecule has 0 bridgehead atoms. The monoisotopic (exact) mass is 170 g/mol. The summed E-state index contributed by atoms with van der Waals surface area (Å²) in [6.07, 6.45) is 11.4. The Hall–Kier alpha value is 0. The van der Waals surface area contributed by atoms with Crippen LogP contribution in [0.15, 0.2) is 0 Å². The molecule has 0 saturated carbocycles. The van der Waals surface area contributed by atoms with Crippen LogP contribution in [0.3, 0.4) is 0 Å². The van der Waals surface area contributed by atoms with E-state index >= 15 is 0 Å². The Bertz CT molecular complexity index is 72.1. The SMILES string of the molecule is CCCCCCCC(CC)CC. The van der Waals surface area contributed by atoms with Gasteiger partial charge in [-0.3, -0.25) is 0 Å². The van der Waals surface area contributed by atoms with E-state index in [9.17, 15) is 0 Å². The van der Waals surface area contributed by atoms with E-state index < -0.39 is 0 Å². The fourth-order valence-corrected chi connectivity index (χ4v) is 1.73. The van der Waals surface area contributed by atoms with Crippen LogP contribution in [0.2, 0.25) is 0 Å². The van der Waals surface area contributed by atoms with Gasteiger partial charge >= 0.3 is 0 Å². The highest BCUT2D eigenvalue weighted by Crippen LogP contribution is 2.17. The number of unbranched alkanes of at least 4 members (excludes halogenated alkanes) is 4. The van der Waals surface area contributed by atoms with Gasteiger partial charge in [0.15, 0.2) is 0 Å². The van der Waals surface area contributed by atoms with Crippen molar-refractivity contribution in [2.45, 2.75) is 72.1 Å². The summed E-state index contributed by atoms with van der Waals surface area (Å²) in [6, 6.07) is 0. The van der Waals surface area contributed by atoms with E-state index in [2.05, 4.69) is 20.8 Å². The second kappa shape index (κ2) is 9.09. The normalized spacial score (nSPS) is 11.0. The third kappa shape index (κ3) is 6.69. The zero-order chi connectivity index (χ0) is 9.23. The smallest absolute Gasteiger partial charge is 0.0420 e. The first-order valence-electron chi connectivity index (χ1n) is 5.85. The number of hydrogen-bond donors (Lipinski definition) is 0. The van der Waals surface area contributed by atoms with Gasteiger partial charge in [0.2, 0.25) is 0 Å². The molecule has 0 fully saturated rings. The third-order valence-corrected chi connectivity index (χ3v) is 2.87. The van der Waals surface area contributed by atoms with Crippen molar-refractivity contribution in [2.75, 3.05) is 0 Å². The summed E-state index contributed by atoms with van der Waals surface area (Å²) in [5.74, 6) is 1.01. The lowest BCUT2D eigenvalue weighted by molar-refractivity contribution is 0.428. The topological polar surface area (TPSA) is 0 Å². The molecule has 12 heavy (non-hydrogen) atoms. The predicted octanol–water partition coefficient (Wildman–Crippen LogP) is 4.78. The molecule has 0 radical (unpaired) electrons. The van der Waals surface area contributed by atoms with Crippen LogP contribution in [0.1, 0.15) is 72.1 Å². The summed E-state index contributed by atoms with van der Waals surface area (Å²) < 4.78 is 0. The van der Waals surface area contributed by atoms with Crippen LogP contribution in [0.25, 0.3) is 0 Å². The quantitative estimate of drug-likeness (QED) is 0.460. The van der Waals surface area contributed by atoms with Gasteiger partial charge in [-0.05, 0) is 5.92 Å². The molecule has 0 atom stereocenters. The highest BCUT2D eigenvalue weighted by molar-refractivity contribution is 4.54. The number of hydrogen-bond acceptors (Lipinski definition) is 0. The van der Waals surface area contributed by atoms with Gasteiger partial charge in [0.25, 0.3) is 0 Å². The van der Waals surface area contributed by atoms with Crippen molar-refractivity contribution in [1.82, 2.24) is 0 Å². The molecule has 0 heterocycles. The van der Waals surface area contributed by atoms with Gasteiger partial charge in [0.1, 0.15) is 0 Å². The van der Waals surface area contributed by atoms with E-state index in [4.69, 9.17) is 0 Å². The van der Waals surface area contributed by atoms with Crippen LogP contribution in [0.4, 0.5) is 0 Å². The van der Waals surface area contributed by atoms with Crippen LogP contribution in [0.5, 0.6) is 0 Å². The van der Waals surface area contributed by atoms with Gasteiger partial charge in [-0.2, -0.15) is 0 Å². The van der Waals surface area contributed by atoms with Gasteiger partial charge in [0, 0.05) is 0 Å². The molecule has 0 aliphatic carbocycles. The minimum Gasteiger partial charge on any atom is -0.0654 e. The van der Waals surface area contributed by atoms with Gasteiger partial charge in [0.05, 0.1) is 0 Å². The Kier molecular flexibility index (Phi) is 9.09. The molecule has 0 unspecified atom stereocenters. The summed E-state index contributed by atoms with van der Waals surface area (Å²) in [7, 11) is 0. The molecule has 0 N–H and O–H groups in total.